The van der Waals surface area contributed by atoms with Gasteiger partial charge in [-0.25, -0.2) is 0 Å². The van der Waals surface area contributed by atoms with Crippen LogP contribution in [0.1, 0.15) is 22.6 Å². The summed E-state index contributed by atoms with van der Waals surface area (Å²) in [6.45, 7) is 1.81. The van der Waals surface area contributed by atoms with Crippen molar-refractivity contribution in [1.82, 2.24) is 4.90 Å². The summed E-state index contributed by atoms with van der Waals surface area (Å²) in [6.07, 6.45) is 1.07. The zero-order valence-electron chi connectivity index (χ0n) is 13.1. The number of likely N-dealkylation sites (N-methyl/N-ethyl adjacent to an activating group) is 1. The van der Waals surface area contributed by atoms with E-state index in [1.165, 1.54) is 16.7 Å². The second-order valence-electron chi connectivity index (χ2n) is 6.19. The van der Waals surface area contributed by atoms with Gasteiger partial charge in [-0.15, -0.1) is 0 Å². The second-order valence-corrected chi connectivity index (χ2v) is 6.19. The quantitative estimate of drug-likeness (QED) is 0.807. The average Bonchev–Trinajstić information content (AvgIpc) is 2.72. The van der Waals surface area contributed by atoms with Gasteiger partial charge in [0.2, 0.25) is 0 Å². The Hall–Kier alpha value is -2.00. The van der Waals surface area contributed by atoms with Crippen LogP contribution >= 0.6 is 0 Å². The van der Waals surface area contributed by atoms with Crippen LogP contribution in [-0.2, 0) is 6.42 Å². The van der Waals surface area contributed by atoms with E-state index >= 15 is 0 Å². The molecular formula is C19H21NO2. The normalized spacial score (nSPS) is 23.5. The number of hydrogen-bond acceptors (Lipinski definition) is 3. The summed E-state index contributed by atoms with van der Waals surface area (Å²) in [5.41, 5.74) is 4.11. The lowest BCUT2D eigenvalue weighted by molar-refractivity contribution is 0.134. The maximum absolute atomic E-state index is 6.02. The Kier molecular flexibility index (Phi) is 3.30. The van der Waals surface area contributed by atoms with Crippen molar-refractivity contribution >= 4 is 0 Å². The molecule has 0 fully saturated rings. The van der Waals surface area contributed by atoms with E-state index in [4.69, 9.17) is 9.47 Å². The third-order valence-electron chi connectivity index (χ3n) is 5.04. The van der Waals surface area contributed by atoms with Gasteiger partial charge in [0.15, 0.2) is 0 Å². The highest BCUT2D eigenvalue weighted by Crippen LogP contribution is 2.43. The van der Waals surface area contributed by atoms with Crippen molar-refractivity contribution in [1.29, 1.82) is 0 Å². The van der Waals surface area contributed by atoms with E-state index in [9.17, 15) is 0 Å². The predicted molar refractivity (Wildman–Crippen MR) is 86.9 cm³/mol. The number of benzene rings is 2. The molecule has 2 aromatic carbocycles. The molecule has 3 nitrogen and oxygen atoms in total. The molecule has 2 aliphatic heterocycles. The first-order chi connectivity index (χ1) is 10.8. The van der Waals surface area contributed by atoms with Crippen LogP contribution in [0, 0.1) is 0 Å². The molecule has 22 heavy (non-hydrogen) atoms. The Balaban J connectivity index is 1.92. The number of nitrogens with zero attached hydrogens (tertiary/aromatic N) is 1. The molecular weight excluding hydrogens is 274 g/mol. The Bertz CT molecular complexity index is 698. The SMILES string of the molecule is COc1ccc2c(c1)C1c3ccccc3OCC1N(C)CC2. The summed E-state index contributed by atoms with van der Waals surface area (Å²) in [5.74, 6) is 2.31. The number of para-hydroxylation sites is 1. The average molecular weight is 295 g/mol. The highest BCUT2D eigenvalue weighted by atomic mass is 16.5. The van der Waals surface area contributed by atoms with E-state index in [-0.39, 0.29) is 0 Å². The highest BCUT2D eigenvalue weighted by molar-refractivity contribution is 5.50. The Morgan fingerprint density at radius 3 is 2.86 bits per heavy atom. The minimum Gasteiger partial charge on any atom is -0.497 e. The molecule has 0 bridgehead atoms. The molecule has 4 rings (SSSR count). The summed E-state index contributed by atoms with van der Waals surface area (Å²) in [6, 6.07) is 15.3. The first-order valence-corrected chi connectivity index (χ1v) is 7.86. The minimum atomic E-state index is 0.350. The Morgan fingerprint density at radius 2 is 2.00 bits per heavy atom. The smallest absolute Gasteiger partial charge is 0.123 e. The molecule has 0 spiro atoms. The monoisotopic (exact) mass is 295 g/mol. The van der Waals surface area contributed by atoms with Gasteiger partial charge in [0.05, 0.1) is 13.2 Å². The molecule has 2 aromatic rings. The molecule has 2 aliphatic rings. The molecule has 0 aliphatic carbocycles. The fourth-order valence-corrected chi connectivity index (χ4v) is 3.78. The molecule has 3 heteroatoms. The van der Waals surface area contributed by atoms with Crippen molar-refractivity contribution in [2.24, 2.45) is 0 Å². The van der Waals surface area contributed by atoms with Crippen LogP contribution in [0.15, 0.2) is 42.5 Å². The molecule has 0 saturated carbocycles. The predicted octanol–water partition coefficient (Wildman–Crippen LogP) is 3.08. The Labute approximate surface area is 131 Å². The lowest BCUT2D eigenvalue weighted by atomic mass is 9.81. The maximum Gasteiger partial charge on any atom is 0.123 e. The van der Waals surface area contributed by atoms with Crippen molar-refractivity contribution in [2.45, 2.75) is 18.4 Å². The standard InChI is InChI=1S/C19H21NO2/c1-20-10-9-13-7-8-14(21-2)11-16(13)19-15-5-3-4-6-18(15)22-12-17(19)20/h3-8,11,17,19H,9-10,12H2,1-2H3. The van der Waals surface area contributed by atoms with Gasteiger partial charge in [0.1, 0.15) is 18.1 Å². The molecule has 2 atom stereocenters. The molecule has 0 N–H and O–H groups in total. The summed E-state index contributed by atoms with van der Waals surface area (Å²) in [7, 11) is 3.94. The minimum absolute atomic E-state index is 0.350. The van der Waals surface area contributed by atoms with Crippen molar-refractivity contribution < 1.29 is 9.47 Å². The van der Waals surface area contributed by atoms with E-state index in [1.54, 1.807) is 7.11 Å². The highest BCUT2D eigenvalue weighted by Gasteiger charge is 2.37. The van der Waals surface area contributed by atoms with Crippen LogP contribution in [0.4, 0.5) is 0 Å². The first kappa shape index (κ1) is 13.6. The summed E-state index contributed by atoms with van der Waals surface area (Å²) in [5, 5.41) is 0. The Morgan fingerprint density at radius 1 is 1.14 bits per heavy atom. The molecule has 0 radical (unpaired) electrons. The van der Waals surface area contributed by atoms with Crippen LogP contribution in [0.25, 0.3) is 0 Å². The van der Waals surface area contributed by atoms with Gasteiger partial charge in [0, 0.05) is 18.0 Å². The van der Waals surface area contributed by atoms with Crippen LogP contribution < -0.4 is 9.47 Å². The third-order valence-corrected chi connectivity index (χ3v) is 5.04. The third kappa shape index (κ3) is 2.08. The van der Waals surface area contributed by atoms with Gasteiger partial charge in [-0.3, -0.25) is 4.90 Å². The zero-order valence-corrected chi connectivity index (χ0v) is 13.1. The van der Waals surface area contributed by atoms with Crippen molar-refractivity contribution in [3.05, 3.63) is 59.2 Å². The fraction of sp³-hybridized carbons (Fsp3) is 0.368. The first-order valence-electron chi connectivity index (χ1n) is 7.86. The number of methoxy groups -OCH3 is 1. The van der Waals surface area contributed by atoms with E-state index < -0.39 is 0 Å². The zero-order chi connectivity index (χ0) is 15.1. The van der Waals surface area contributed by atoms with Gasteiger partial charge in [-0.05, 0) is 42.8 Å². The molecule has 0 amide bonds. The van der Waals surface area contributed by atoms with Gasteiger partial charge < -0.3 is 9.47 Å². The number of hydrogen-bond donors (Lipinski definition) is 0. The lowest BCUT2D eigenvalue weighted by Gasteiger charge is -2.37. The van der Waals surface area contributed by atoms with Crippen molar-refractivity contribution in [2.75, 3.05) is 27.3 Å². The second kappa shape index (κ2) is 5.33. The topological polar surface area (TPSA) is 21.7 Å². The van der Waals surface area contributed by atoms with Crippen LogP contribution in [0.5, 0.6) is 11.5 Å². The molecule has 0 aromatic heterocycles. The van der Waals surface area contributed by atoms with E-state index in [1.807, 2.05) is 6.07 Å². The largest absolute Gasteiger partial charge is 0.497 e. The van der Waals surface area contributed by atoms with Crippen molar-refractivity contribution in [3.63, 3.8) is 0 Å². The van der Waals surface area contributed by atoms with Crippen LogP contribution in [0.2, 0.25) is 0 Å². The maximum atomic E-state index is 6.02. The van der Waals surface area contributed by atoms with Crippen molar-refractivity contribution in [3.8, 4) is 11.5 Å². The van der Waals surface area contributed by atoms with Gasteiger partial charge in [-0.2, -0.15) is 0 Å². The van der Waals surface area contributed by atoms with Gasteiger partial charge >= 0.3 is 0 Å². The van der Waals surface area contributed by atoms with E-state index in [0.29, 0.717) is 12.0 Å². The van der Waals surface area contributed by atoms with E-state index in [0.717, 1.165) is 31.1 Å². The molecule has 114 valence electrons. The summed E-state index contributed by atoms with van der Waals surface area (Å²) < 4.78 is 11.5. The van der Waals surface area contributed by atoms with Gasteiger partial charge in [0.25, 0.3) is 0 Å². The van der Waals surface area contributed by atoms with E-state index in [2.05, 4.69) is 48.3 Å². The summed E-state index contributed by atoms with van der Waals surface area (Å²) in [4.78, 5) is 2.44. The number of rotatable bonds is 1. The molecule has 2 heterocycles. The number of fused-ring (bicyclic) bond motifs is 5. The lowest BCUT2D eigenvalue weighted by Crippen LogP contribution is -2.43. The van der Waals surface area contributed by atoms with Crippen LogP contribution in [0.3, 0.4) is 0 Å². The van der Waals surface area contributed by atoms with Crippen LogP contribution in [-0.4, -0.2) is 38.3 Å². The number of ether oxygens (including phenoxy) is 2. The molecule has 0 saturated heterocycles. The molecule has 2 unspecified atom stereocenters. The van der Waals surface area contributed by atoms with Gasteiger partial charge in [-0.1, -0.05) is 24.3 Å². The summed E-state index contributed by atoms with van der Waals surface area (Å²) >= 11 is 0. The fourth-order valence-electron chi connectivity index (χ4n) is 3.78.